The Morgan fingerprint density at radius 2 is 1.85 bits per heavy atom. The highest BCUT2D eigenvalue weighted by Gasteiger charge is 2.30. The first-order valence-corrected chi connectivity index (χ1v) is 12.0. The molecule has 2 aromatic heterocycles. The fourth-order valence-corrected chi connectivity index (χ4v) is 4.18. The van der Waals surface area contributed by atoms with Gasteiger partial charge in [0.2, 0.25) is 0 Å². The summed E-state index contributed by atoms with van der Waals surface area (Å²) in [5.74, 6) is -1.52. The van der Waals surface area contributed by atoms with Crippen LogP contribution in [0.5, 0.6) is 0 Å². The first kappa shape index (κ1) is 28.9. The molecule has 0 radical (unpaired) electrons. The fourth-order valence-electron chi connectivity index (χ4n) is 4.18. The number of allylic oxidation sites excluding steroid dienone is 1. The smallest absolute Gasteiger partial charge is 0.416 e. The number of aromatic nitrogens is 3. The van der Waals surface area contributed by atoms with Crippen molar-refractivity contribution < 1.29 is 32.6 Å². The maximum absolute atomic E-state index is 15.2. The normalized spacial score (nSPS) is 12.1. The number of aliphatic hydroxyl groups excluding tert-OH is 1. The molecule has 0 aliphatic heterocycles. The molecule has 210 valence electrons. The Bertz CT molecular complexity index is 1800. The highest BCUT2D eigenvalue weighted by Crippen LogP contribution is 2.32. The molecule has 0 fully saturated rings. The number of hydrogen-bond acceptors (Lipinski definition) is 5. The Kier molecular flexibility index (Phi) is 8.43. The summed E-state index contributed by atoms with van der Waals surface area (Å²) in [6.45, 7) is 3.45. The summed E-state index contributed by atoms with van der Waals surface area (Å²) < 4.78 is 54.3. The molecule has 0 aliphatic carbocycles. The zero-order valence-corrected chi connectivity index (χ0v) is 21.5. The second kappa shape index (κ2) is 12.0. The number of aliphatic carboxylic acids is 1. The minimum atomic E-state index is -4.51. The highest BCUT2D eigenvalue weighted by molar-refractivity contribution is 6.11. The fraction of sp³-hybridized carbons (Fsp3) is 0.103. The monoisotopic (exact) mass is 565 g/mol. The second-order valence-corrected chi connectivity index (χ2v) is 8.65. The summed E-state index contributed by atoms with van der Waals surface area (Å²) in [4.78, 5) is 29.4. The lowest BCUT2D eigenvalue weighted by atomic mass is 10.0. The van der Waals surface area contributed by atoms with Gasteiger partial charge >= 0.3 is 12.1 Å². The molecule has 0 atom stereocenters. The molecule has 3 aromatic carbocycles. The van der Waals surface area contributed by atoms with Crippen molar-refractivity contribution in [3.8, 4) is 11.4 Å². The van der Waals surface area contributed by atoms with Crippen LogP contribution in [0.15, 0.2) is 77.0 Å². The van der Waals surface area contributed by atoms with E-state index >= 15 is 4.39 Å². The molecule has 8 nitrogen and oxygen atoms in total. The van der Waals surface area contributed by atoms with E-state index in [1.54, 1.807) is 30.5 Å². The van der Waals surface area contributed by atoms with Gasteiger partial charge in [-0.05, 0) is 66.4 Å². The van der Waals surface area contributed by atoms with Gasteiger partial charge in [-0.25, -0.2) is 9.37 Å². The van der Waals surface area contributed by atoms with Gasteiger partial charge in [-0.1, -0.05) is 6.07 Å². The number of alkyl halides is 3. The number of nitrogens with one attached hydrogen (secondary N) is 2. The summed E-state index contributed by atoms with van der Waals surface area (Å²) in [7, 11) is 1.00. The van der Waals surface area contributed by atoms with Crippen molar-refractivity contribution in [3.63, 3.8) is 0 Å². The maximum Gasteiger partial charge on any atom is 0.416 e. The zero-order chi connectivity index (χ0) is 29.7. The largest absolute Gasteiger partial charge is 0.481 e. The lowest BCUT2D eigenvalue weighted by Crippen LogP contribution is -2.04. The van der Waals surface area contributed by atoms with Crippen molar-refractivity contribution in [2.24, 2.45) is 9.98 Å². The van der Waals surface area contributed by atoms with Crippen LogP contribution in [-0.4, -0.2) is 51.2 Å². The molecular weight excluding hydrogens is 542 g/mol. The SMILES string of the molecule is C=N/C=C(\C=Nc1ccc2[nH]cc(CC(=O)O)c2c1)c1ccc(-c2nc3ccc(C(F)(F)F)cc3[nH]2)c(F)c1.CO. The van der Waals surface area contributed by atoms with Crippen LogP contribution in [0, 0.1) is 5.82 Å². The van der Waals surface area contributed by atoms with Crippen LogP contribution in [0.2, 0.25) is 0 Å². The molecule has 0 aliphatic rings. The van der Waals surface area contributed by atoms with E-state index in [0.29, 0.717) is 22.4 Å². The van der Waals surface area contributed by atoms with Gasteiger partial charge in [0.25, 0.3) is 0 Å². The number of aromatic amines is 2. The van der Waals surface area contributed by atoms with Gasteiger partial charge in [0.15, 0.2) is 0 Å². The molecular formula is C29H23F4N5O3. The second-order valence-electron chi connectivity index (χ2n) is 8.65. The number of carbonyl (C=O) groups is 1. The Labute approximate surface area is 230 Å². The Hall–Kier alpha value is -5.10. The number of nitrogens with zero attached hydrogens (tertiary/aromatic N) is 3. The van der Waals surface area contributed by atoms with Gasteiger partial charge < -0.3 is 20.2 Å². The van der Waals surface area contributed by atoms with Crippen LogP contribution in [0.4, 0.5) is 23.2 Å². The standard InChI is InChI=1S/C28H19F4N5O2.CH4O/c1-33-12-17(14-34-19-4-7-23-21(11-19)16(13-35-23)9-26(38)39)15-2-5-20(22(29)8-15)27-36-24-6-3-18(28(30,31)32)10-25(24)37-27;1-2/h2-8,10-14,35H,1,9H2,(H,36,37)(H,38,39);2H,1H3/b17-12+,34-14?;. The number of fused-ring (bicyclic) bond motifs is 2. The Morgan fingerprint density at radius 3 is 2.54 bits per heavy atom. The molecule has 0 amide bonds. The minimum Gasteiger partial charge on any atom is -0.481 e. The van der Waals surface area contributed by atoms with Gasteiger partial charge in [-0.2, -0.15) is 13.2 Å². The van der Waals surface area contributed by atoms with Crippen LogP contribution in [-0.2, 0) is 17.4 Å². The number of H-pyrrole nitrogens is 2. The number of aliphatic imine (C=N–C) groups is 2. The van der Waals surface area contributed by atoms with Gasteiger partial charge in [0, 0.05) is 42.2 Å². The van der Waals surface area contributed by atoms with E-state index in [2.05, 4.69) is 31.7 Å². The van der Waals surface area contributed by atoms with Crippen LogP contribution in [0.25, 0.3) is 38.9 Å². The van der Waals surface area contributed by atoms with Crippen LogP contribution in [0.1, 0.15) is 16.7 Å². The zero-order valence-electron chi connectivity index (χ0n) is 21.5. The summed E-state index contributed by atoms with van der Waals surface area (Å²) in [6.07, 6.45) is -0.125. The van der Waals surface area contributed by atoms with Crippen LogP contribution >= 0.6 is 0 Å². The molecule has 2 heterocycles. The van der Waals surface area contributed by atoms with Crippen molar-refractivity contribution >= 4 is 52.1 Å². The topological polar surface area (TPSA) is 127 Å². The first-order chi connectivity index (χ1) is 19.6. The third-order valence-electron chi connectivity index (χ3n) is 6.04. The van der Waals surface area contributed by atoms with E-state index in [9.17, 15) is 18.0 Å². The van der Waals surface area contributed by atoms with E-state index in [-0.39, 0.29) is 28.8 Å². The number of rotatable bonds is 7. The summed E-state index contributed by atoms with van der Waals surface area (Å²) >= 11 is 0. The molecule has 0 bridgehead atoms. The Balaban J connectivity index is 0.00000189. The molecule has 0 unspecified atom stereocenters. The van der Waals surface area contributed by atoms with Crippen molar-refractivity contribution in [1.29, 1.82) is 0 Å². The number of halogens is 4. The minimum absolute atomic E-state index is 0.0789. The lowest BCUT2D eigenvalue weighted by Gasteiger charge is -2.05. The van der Waals surface area contributed by atoms with Gasteiger partial charge in [0.05, 0.1) is 34.3 Å². The van der Waals surface area contributed by atoms with Crippen molar-refractivity contribution in [3.05, 3.63) is 89.5 Å². The van der Waals surface area contributed by atoms with E-state index in [0.717, 1.165) is 30.1 Å². The third kappa shape index (κ3) is 6.39. The van der Waals surface area contributed by atoms with Crippen LogP contribution < -0.4 is 0 Å². The predicted octanol–water partition coefficient (Wildman–Crippen LogP) is 6.55. The quantitative estimate of drug-likeness (QED) is 0.132. The number of hydrogen-bond donors (Lipinski definition) is 4. The third-order valence-corrected chi connectivity index (χ3v) is 6.04. The number of carboxylic acids is 1. The van der Waals surface area contributed by atoms with Gasteiger partial charge in [-0.15, -0.1) is 0 Å². The summed E-state index contributed by atoms with van der Waals surface area (Å²) in [5, 5.41) is 16.8. The average molecular weight is 566 g/mol. The Morgan fingerprint density at radius 1 is 1.07 bits per heavy atom. The van der Waals surface area contributed by atoms with Crippen molar-refractivity contribution in [2.75, 3.05) is 7.11 Å². The van der Waals surface area contributed by atoms with E-state index < -0.39 is 23.5 Å². The molecule has 0 saturated heterocycles. The molecule has 5 rings (SSSR count). The number of carboxylic acid groups (broad SMARTS) is 1. The number of benzene rings is 3. The first-order valence-electron chi connectivity index (χ1n) is 12.0. The lowest BCUT2D eigenvalue weighted by molar-refractivity contribution is -0.138. The molecule has 12 heteroatoms. The molecule has 5 aromatic rings. The number of aliphatic hydroxyl groups is 1. The van der Waals surface area contributed by atoms with Crippen LogP contribution in [0.3, 0.4) is 0 Å². The average Bonchev–Trinajstić information content (AvgIpc) is 3.54. The molecule has 41 heavy (non-hydrogen) atoms. The molecule has 0 saturated carbocycles. The van der Waals surface area contributed by atoms with Crippen molar-refractivity contribution in [1.82, 2.24) is 15.0 Å². The predicted molar refractivity (Wildman–Crippen MR) is 150 cm³/mol. The summed E-state index contributed by atoms with van der Waals surface area (Å²) in [5.41, 5.74) is 2.46. The molecule has 4 N–H and O–H groups in total. The van der Waals surface area contributed by atoms with E-state index in [1.165, 1.54) is 30.6 Å². The summed E-state index contributed by atoms with van der Waals surface area (Å²) in [6, 6.07) is 12.7. The molecule has 0 spiro atoms. The highest BCUT2D eigenvalue weighted by atomic mass is 19.4. The van der Waals surface area contributed by atoms with E-state index in [4.69, 9.17) is 10.2 Å². The number of imidazole rings is 1. The van der Waals surface area contributed by atoms with Gasteiger partial charge in [0.1, 0.15) is 11.6 Å². The maximum atomic E-state index is 15.2. The van der Waals surface area contributed by atoms with Gasteiger partial charge in [-0.3, -0.25) is 14.8 Å². The van der Waals surface area contributed by atoms with E-state index in [1.807, 2.05) is 0 Å². The van der Waals surface area contributed by atoms with Crippen molar-refractivity contribution in [2.45, 2.75) is 12.6 Å².